The summed E-state index contributed by atoms with van der Waals surface area (Å²) in [6.45, 7) is 1.97. The second-order valence-corrected chi connectivity index (χ2v) is 6.25. The quantitative estimate of drug-likeness (QED) is 0.508. The molecule has 0 heterocycles. The van der Waals surface area contributed by atoms with Crippen molar-refractivity contribution in [2.45, 2.75) is 13.3 Å². The molecule has 0 saturated heterocycles. The smallest absolute Gasteiger partial charge is 0.203 e. The van der Waals surface area contributed by atoms with Crippen molar-refractivity contribution < 1.29 is 19.0 Å². The number of carbonyl (C=O) groups excluding carboxylic acids is 1. The molecule has 144 valence electrons. The van der Waals surface area contributed by atoms with Gasteiger partial charge in [0.1, 0.15) is 0 Å². The van der Waals surface area contributed by atoms with E-state index in [4.69, 9.17) is 14.2 Å². The summed E-state index contributed by atoms with van der Waals surface area (Å²) in [4.78, 5) is 15.1. The molecular formula is C22H27NO4. The van der Waals surface area contributed by atoms with Crippen molar-refractivity contribution in [3.8, 4) is 17.2 Å². The summed E-state index contributed by atoms with van der Waals surface area (Å²) in [5, 5.41) is 0. The van der Waals surface area contributed by atoms with Gasteiger partial charge in [0.05, 0.1) is 21.3 Å². The number of allylic oxidation sites excluding steroid dienone is 1. The molecule has 5 heteroatoms. The third kappa shape index (κ3) is 4.61. The highest BCUT2D eigenvalue weighted by Crippen LogP contribution is 2.38. The lowest BCUT2D eigenvalue weighted by Crippen LogP contribution is -2.08. The summed E-state index contributed by atoms with van der Waals surface area (Å²) in [6.07, 6.45) is 2.54. The number of methoxy groups -OCH3 is 3. The van der Waals surface area contributed by atoms with Gasteiger partial charge in [-0.1, -0.05) is 19.1 Å². The number of benzene rings is 2. The van der Waals surface area contributed by atoms with Gasteiger partial charge in [-0.15, -0.1) is 0 Å². The van der Waals surface area contributed by atoms with Crippen LogP contribution in [0.3, 0.4) is 0 Å². The minimum atomic E-state index is -0.0616. The fourth-order valence-electron chi connectivity index (χ4n) is 2.80. The molecule has 0 saturated carbocycles. The van der Waals surface area contributed by atoms with E-state index >= 15 is 0 Å². The van der Waals surface area contributed by atoms with E-state index < -0.39 is 0 Å². The van der Waals surface area contributed by atoms with Gasteiger partial charge in [0.25, 0.3) is 0 Å². The molecule has 0 spiro atoms. The van der Waals surface area contributed by atoms with Crippen LogP contribution in [0.5, 0.6) is 17.2 Å². The third-order valence-electron chi connectivity index (χ3n) is 4.35. The zero-order valence-electron chi connectivity index (χ0n) is 16.8. The molecule has 0 N–H and O–H groups in total. The third-order valence-corrected chi connectivity index (χ3v) is 4.35. The van der Waals surface area contributed by atoms with Gasteiger partial charge in [-0.2, -0.15) is 0 Å². The molecule has 5 nitrogen and oxygen atoms in total. The maximum absolute atomic E-state index is 13.1. The number of nitrogens with zero attached hydrogens (tertiary/aromatic N) is 1. The van der Waals surface area contributed by atoms with Gasteiger partial charge in [0, 0.05) is 30.9 Å². The highest BCUT2D eigenvalue weighted by atomic mass is 16.5. The van der Waals surface area contributed by atoms with Gasteiger partial charge in [0.15, 0.2) is 17.3 Å². The van der Waals surface area contributed by atoms with Crippen molar-refractivity contribution in [3.63, 3.8) is 0 Å². The van der Waals surface area contributed by atoms with Crippen LogP contribution in [0, 0.1) is 0 Å². The molecule has 0 aromatic heterocycles. The SMILES string of the molecule is CCC(=Cc1ccc(N(C)C)cc1)C(=O)c1cc(OC)c(OC)c(OC)c1. The Kier molecular flexibility index (Phi) is 6.88. The normalized spacial score (nSPS) is 11.1. The molecule has 0 radical (unpaired) electrons. The Labute approximate surface area is 161 Å². The van der Waals surface area contributed by atoms with E-state index in [1.54, 1.807) is 12.1 Å². The molecule has 0 aliphatic carbocycles. The molecule has 0 fully saturated rings. The number of hydrogen-bond donors (Lipinski definition) is 0. The molecule has 0 amide bonds. The lowest BCUT2D eigenvalue weighted by atomic mass is 9.98. The lowest BCUT2D eigenvalue weighted by Gasteiger charge is -2.14. The van der Waals surface area contributed by atoms with Crippen molar-refractivity contribution >= 4 is 17.5 Å². The van der Waals surface area contributed by atoms with Crippen LogP contribution in [0.4, 0.5) is 5.69 Å². The Morgan fingerprint density at radius 3 is 1.93 bits per heavy atom. The van der Waals surface area contributed by atoms with Crippen molar-refractivity contribution in [1.82, 2.24) is 0 Å². The van der Waals surface area contributed by atoms with Crippen LogP contribution < -0.4 is 19.1 Å². The average molecular weight is 369 g/mol. The number of ether oxygens (including phenoxy) is 3. The largest absolute Gasteiger partial charge is 0.493 e. The first-order chi connectivity index (χ1) is 12.9. The highest BCUT2D eigenvalue weighted by Gasteiger charge is 2.18. The Bertz CT molecular complexity index is 798. The molecular weight excluding hydrogens is 342 g/mol. The molecule has 0 atom stereocenters. The maximum Gasteiger partial charge on any atom is 0.203 e. The second kappa shape index (κ2) is 9.12. The Hall–Kier alpha value is -2.95. The molecule has 0 unspecified atom stereocenters. The standard InChI is InChI=1S/C22H27NO4/c1-7-16(12-15-8-10-18(11-9-15)23(2)3)21(24)17-13-19(25-4)22(27-6)20(14-17)26-5/h8-14H,7H2,1-6H3. The molecule has 2 aromatic carbocycles. The van der Waals surface area contributed by atoms with Gasteiger partial charge in [-0.25, -0.2) is 0 Å². The van der Waals surface area contributed by atoms with E-state index in [1.165, 1.54) is 21.3 Å². The van der Waals surface area contributed by atoms with E-state index in [0.29, 0.717) is 34.8 Å². The van der Waals surface area contributed by atoms with E-state index in [2.05, 4.69) is 0 Å². The predicted octanol–water partition coefficient (Wildman–Crippen LogP) is 4.45. The molecule has 0 bridgehead atoms. The topological polar surface area (TPSA) is 48.0 Å². The van der Waals surface area contributed by atoms with Gasteiger partial charge >= 0.3 is 0 Å². The number of hydrogen-bond acceptors (Lipinski definition) is 5. The fourth-order valence-corrected chi connectivity index (χ4v) is 2.80. The van der Waals surface area contributed by atoms with Crippen LogP contribution in [0.1, 0.15) is 29.3 Å². The first kappa shape index (κ1) is 20.4. The Balaban J connectivity index is 2.41. The summed E-state index contributed by atoms with van der Waals surface area (Å²) in [5.74, 6) is 1.34. The predicted molar refractivity (Wildman–Crippen MR) is 109 cm³/mol. The molecule has 0 aliphatic heterocycles. The average Bonchev–Trinajstić information content (AvgIpc) is 2.70. The van der Waals surface area contributed by atoms with Crippen LogP contribution in [0.25, 0.3) is 6.08 Å². The summed E-state index contributed by atoms with van der Waals surface area (Å²) < 4.78 is 16.0. The van der Waals surface area contributed by atoms with Crippen LogP contribution in [-0.2, 0) is 0 Å². The Morgan fingerprint density at radius 1 is 0.963 bits per heavy atom. The second-order valence-electron chi connectivity index (χ2n) is 6.25. The van der Waals surface area contributed by atoms with Crippen molar-refractivity contribution in [3.05, 3.63) is 53.1 Å². The van der Waals surface area contributed by atoms with Crippen LogP contribution in [-0.4, -0.2) is 41.2 Å². The Morgan fingerprint density at radius 2 is 1.52 bits per heavy atom. The molecule has 0 aliphatic rings. The van der Waals surface area contributed by atoms with E-state index in [0.717, 1.165) is 11.3 Å². The van der Waals surface area contributed by atoms with Gasteiger partial charge < -0.3 is 19.1 Å². The van der Waals surface area contributed by atoms with Crippen molar-refractivity contribution in [2.75, 3.05) is 40.3 Å². The maximum atomic E-state index is 13.1. The monoisotopic (exact) mass is 369 g/mol. The van der Waals surface area contributed by atoms with Gasteiger partial charge in [0.2, 0.25) is 5.75 Å². The summed E-state index contributed by atoms with van der Waals surface area (Å²) in [7, 11) is 8.60. The minimum Gasteiger partial charge on any atom is -0.493 e. The van der Waals surface area contributed by atoms with Crippen LogP contribution in [0.2, 0.25) is 0 Å². The molecule has 2 aromatic rings. The van der Waals surface area contributed by atoms with E-state index in [-0.39, 0.29) is 5.78 Å². The number of Topliss-reactive ketones (excluding diaryl/α,β-unsaturated/α-hetero) is 1. The number of anilines is 1. The van der Waals surface area contributed by atoms with Gasteiger partial charge in [-0.05, 0) is 42.3 Å². The van der Waals surface area contributed by atoms with E-state index in [1.807, 2.05) is 56.3 Å². The van der Waals surface area contributed by atoms with Crippen molar-refractivity contribution in [1.29, 1.82) is 0 Å². The minimum absolute atomic E-state index is 0.0616. The van der Waals surface area contributed by atoms with Crippen LogP contribution in [0.15, 0.2) is 42.0 Å². The highest BCUT2D eigenvalue weighted by molar-refractivity contribution is 6.11. The first-order valence-electron chi connectivity index (χ1n) is 8.77. The number of rotatable bonds is 8. The molecule has 27 heavy (non-hydrogen) atoms. The zero-order valence-corrected chi connectivity index (χ0v) is 16.8. The molecule has 2 rings (SSSR count). The summed E-state index contributed by atoms with van der Waals surface area (Å²) in [6, 6.07) is 11.4. The van der Waals surface area contributed by atoms with E-state index in [9.17, 15) is 4.79 Å². The number of ketones is 1. The number of carbonyl (C=O) groups is 1. The first-order valence-corrected chi connectivity index (χ1v) is 8.77. The lowest BCUT2D eigenvalue weighted by molar-refractivity contribution is 0.103. The van der Waals surface area contributed by atoms with Crippen molar-refractivity contribution in [2.24, 2.45) is 0 Å². The zero-order chi connectivity index (χ0) is 20.0. The van der Waals surface area contributed by atoms with Crippen LogP contribution >= 0.6 is 0 Å². The van der Waals surface area contributed by atoms with Gasteiger partial charge in [-0.3, -0.25) is 4.79 Å². The fraction of sp³-hybridized carbons (Fsp3) is 0.318. The summed E-state index contributed by atoms with van der Waals surface area (Å²) >= 11 is 0. The summed E-state index contributed by atoms with van der Waals surface area (Å²) in [5.41, 5.74) is 3.31.